The van der Waals surface area contributed by atoms with Crippen LogP contribution in [0, 0.1) is 11.8 Å². The molecule has 68 valence electrons. The normalized spacial score (nSPS) is 41.6. The van der Waals surface area contributed by atoms with E-state index in [1.807, 2.05) is 0 Å². The van der Waals surface area contributed by atoms with Crippen LogP contribution in [0.1, 0.15) is 18.9 Å². The SMILES string of the molecule is CC1CC1C1(c2ccccc2)CO1. The molecule has 1 aromatic carbocycles. The van der Waals surface area contributed by atoms with Crippen molar-refractivity contribution in [1.82, 2.24) is 0 Å². The molecule has 1 aromatic rings. The molecule has 1 nitrogen and oxygen atoms in total. The van der Waals surface area contributed by atoms with Crippen molar-refractivity contribution < 1.29 is 4.74 Å². The molecule has 0 aromatic heterocycles. The van der Waals surface area contributed by atoms with Gasteiger partial charge in [0.15, 0.2) is 0 Å². The summed E-state index contributed by atoms with van der Waals surface area (Å²) in [5.74, 6) is 1.65. The highest BCUT2D eigenvalue weighted by Gasteiger charge is 2.60. The van der Waals surface area contributed by atoms with Crippen molar-refractivity contribution in [1.29, 1.82) is 0 Å². The van der Waals surface area contributed by atoms with E-state index < -0.39 is 0 Å². The molecule has 0 spiro atoms. The van der Waals surface area contributed by atoms with Gasteiger partial charge in [-0.05, 0) is 23.8 Å². The van der Waals surface area contributed by atoms with Gasteiger partial charge in [-0.3, -0.25) is 0 Å². The van der Waals surface area contributed by atoms with Crippen LogP contribution >= 0.6 is 0 Å². The molecule has 0 amide bonds. The van der Waals surface area contributed by atoms with Crippen molar-refractivity contribution in [3.63, 3.8) is 0 Å². The zero-order valence-corrected chi connectivity index (χ0v) is 7.86. The summed E-state index contributed by atoms with van der Waals surface area (Å²) in [6.07, 6.45) is 1.34. The van der Waals surface area contributed by atoms with Crippen molar-refractivity contribution in [2.75, 3.05) is 6.61 Å². The van der Waals surface area contributed by atoms with E-state index in [0.29, 0.717) is 0 Å². The summed E-state index contributed by atoms with van der Waals surface area (Å²) in [7, 11) is 0. The topological polar surface area (TPSA) is 12.5 Å². The van der Waals surface area contributed by atoms with Crippen LogP contribution in [0.5, 0.6) is 0 Å². The van der Waals surface area contributed by atoms with Gasteiger partial charge >= 0.3 is 0 Å². The number of rotatable bonds is 2. The predicted molar refractivity (Wildman–Crippen MR) is 51.3 cm³/mol. The lowest BCUT2D eigenvalue weighted by Gasteiger charge is -2.10. The molecule has 3 unspecified atom stereocenters. The van der Waals surface area contributed by atoms with Crippen molar-refractivity contribution in [2.24, 2.45) is 11.8 Å². The number of hydrogen-bond acceptors (Lipinski definition) is 1. The number of ether oxygens (including phenoxy) is 1. The summed E-state index contributed by atoms with van der Waals surface area (Å²) in [6.45, 7) is 3.25. The maximum Gasteiger partial charge on any atom is 0.120 e. The van der Waals surface area contributed by atoms with Gasteiger partial charge in [-0.1, -0.05) is 37.3 Å². The van der Waals surface area contributed by atoms with Gasteiger partial charge in [-0.25, -0.2) is 0 Å². The van der Waals surface area contributed by atoms with Crippen molar-refractivity contribution in [3.05, 3.63) is 35.9 Å². The van der Waals surface area contributed by atoms with Crippen LogP contribution in [0.3, 0.4) is 0 Å². The molecule has 1 saturated carbocycles. The molecule has 1 aliphatic carbocycles. The molecule has 2 aliphatic rings. The van der Waals surface area contributed by atoms with E-state index in [1.54, 1.807) is 0 Å². The lowest BCUT2D eigenvalue weighted by atomic mass is 9.94. The minimum Gasteiger partial charge on any atom is -0.364 e. The maximum absolute atomic E-state index is 5.68. The van der Waals surface area contributed by atoms with Crippen LogP contribution in [0.25, 0.3) is 0 Å². The standard InChI is InChI=1S/C12H14O/c1-9-7-11(9)12(8-13-12)10-5-3-2-4-6-10/h2-6,9,11H,7-8H2,1H3. The molecule has 3 atom stereocenters. The van der Waals surface area contributed by atoms with Gasteiger partial charge in [0.25, 0.3) is 0 Å². The third kappa shape index (κ3) is 1.03. The Morgan fingerprint density at radius 1 is 1.31 bits per heavy atom. The van der Waals surface area contributed by atoms with E-state index in [2.05, 4.69) is 37.3 Å². The smallest absolute Gasteiger partial charge is 0.120 e. The van der Waals surface area contributed by atoms with E-state index in [4.69, 9.17) is 4.74 Å². The Labute approximate surface area is 78.7 Å². The lowest BCUT2D eigenvalue weighted by molar-refractivity contribution is 0.270. The largest absolute Gasteiger partial charge is 0.364 e. The molecule has 1 aliphatic heterocycles. The summed E-state index contributed by atoms with van der Waals surface area (Å²) < 4.78 is 5.68. The lowest BCUT2D eigenvalue weighted by Crippen LogP contribution is -2.12. The van der Waals surface area contributed by atoms with Crippen molar-refractivity contribution in [3.8, 4) is 0 Å². The van der Waals surface area contributed by atoms with Crippen molar-refractivity contribution >= 4 is 0 Å². The third-order valence-corrected chi connectivity index (χ3v) is 3.43. The van der Waals surface area contributed by atoms with E-state index in [0.717, 1.165) is 18.4 Å². The second-order valence-electron chi connectivity index (χ2n) is 4.36. The molecule has 0 N–H and O–H groups in total. The first-order chi connectivity index (χ1) is 6.33. The number of benzene rings is 1. The van der Waals surface area contributed by atoms with Crippen LogP contribution in [0.2, 0.25) is 0 Å². The fourth-order valence-corrected chi connectivity index (χ4v) is 2.36. The molecule has 13 heavy (non-hydrogen) atoms. The van der Waals surface area contributed by atoms with E-state index in [1.165, 1.54) is 12.0 Å². The minimum atomic E-state index is 0.126. The average Bonchev–Trinajstić information content (AvgIpc) is 3.02. The highest BCUT2D eigenvalue weighted by Crippen LogP contribution is 2.59. The Morgan fingerprint density at radius 3 is 2.38 bits per heavy atom. The second-order valence-corrected chi connectivity index (χ2v) is 4.36. The Balaban J connectivity index is 1.93. The van der Waals surface area contributed by atoms with Crippen LogP contribution in [0.4, 0.5) is 0 Å². The molecule has 1 heteroatoms. The van der Waals surface area contributed by atoms with E-state index >= 15 is 0 Å². The number of hydrogen-bond donors (Lipinski definition) is 0. The first kappa shape index (κ1) is 7.57. The Bertz CT molecular complexity index is 313. The number of epoxide rings is 1. The summed E-state index contributed by atoms with van der Waals surface area (Å²) >= 11 is 0. The van der Waals surface area contributed by atoms with Crippen LogP contribution in [-0.2, 0) is 10.3 Å². The molecular formula is C12H14O. The molecule has 1 heterocycles. The average molecular weight is 174 g/mol. The monoisotopic (exact) mass is 174 g/mol. The highest BCUT2D eigenvalue weighted by atomic mass is 16.6. The highest BCUT2D eigenvalue weighted by molar-refractivity contribution is 5.30. The first-order valence-electron chi connectivity index (χ1n) is 5.02. The van der Waals surface area contributed by atoms with E-state index in [9.17, 15) is 0 Å². The Kier molecular flexibility index (Phi) is 1.37. The van der Waals surface area contributed by atoms with Gasteiger partial charge in [-0.15, -0.1) is 0 Å². The zero-order valence-electron chi connectivity index (χ0n) is 7.86. The van der Waals surface area contributed by atoms with Crippen LogP contribution < -0.4 is 0 Å². The van der Waals surface area contributed by atoms with Crippen molar-refractivity contribution in [2.45, 2.75) is 18.9 Å². The fraction of sp³-hybridized carbons (Fsp3) is 0.500. The molecule has 1 saturated heterocycles. The third-order valence-electron chi connectivity index (χ3n) is 3.43. The summed E-state index contributed by atoms with van der Waals surface area (Å²) in [5.41, 5.74) is 1.50. The minimum absolute atomic E-state index is 0.126. The van der Waals surface area contributed by atoms with Crippen LogP contribution in [-0.4, -0.2) is 6.61 Å². The van der Waals surface area contributed by atoms with Gasteiger partial charge in [-0.2, -0.15) is 0 Å². The second kappa shape index (κ2) is 2.36. The zero-order chi connectivity index (χ0) is 8.89. The summed E-state index contributed by atoms with van der Waals surface area (Å²) in [5, 5.41) is 0. The Morgan fingerprint density at radius 2 is 1.92 bits per heavy atom. The van der Waals surface area contributed by atoms with Gasteiger partial charge in [0.05, 0.1) is 6.61 Å². The van der Waals surface area contributed by atoms with E-state index in [-0.39, 0.29) is 5.60 Å². The summed E-state index contributed by atoms with van der Waals surface area (Å²) in [4.78, 5) is 0. The fourth-order valence-electron chi connectivity index (χ4n) is 2.36. The Hall–Kier alpha value is -0.820. The van der Waals surface area contributed by atoms with Gasteiger partial charge in [0, 0.05) is 0 Å². The molecule has 3 rings (SSSR count). The molecular weight excluding hydrogens is 160 g/mol. The maximum atomic E-state index is 5.68. The molecule has 0 radical (unpaired) electrons. The quantitative estimate of drug-likeness (QED) is 0.628. The van der Waals surface area contributed by atoms with Gasteiger partial charge < -0.3 is 4.74 Å². The first-order valence-corrected chi connectivity index (χ1v) is 5.02. The van der Waals surface area contributed by atoms with Crippen LogP contribution in [0.15, 0.2) is 30.3 Å². The molecule has 2 fully saturated rings. The predicted octanol–water partition coefficient (Wildman–Crippen LogP) is 2.57. The van der Waals surface area contributed by atoms with Gasteiger partial charge in [0.1, 0.15) is 5.60 Å². The summed E-state index contributed by atoms with van der Waals surface area (Å²) in [6, 6.07) is 10.7. The molecule has 0 bridgehead atoms. The van der Waals surface area contributed by atoms with Gasteiger partial charge in [0.2, 0.25) is 0 Å².